The molecule has 2 aromatic heterocycles. The first-order chi connectivity index (χ1) is 13.3. The second-order valence-corrected chi connectivity index (χ2v) is 6.64. The largest absolute Gasteiger partial charge is 0.355 e. The molecule has 5 aromatic rings. The highest BCUT2D eigenvalue weighted by atomic mass is 35.5. The van der Waals surface area contributed by atoms with Crippen LogP contribution in [0.15, 0.2) is 79.1 Å². The molecule has 2 heterocycles. The first-order valence-corrected chi connectivity index (χ1v) is 8.94. The summed E-state index contributed by atoms with van der Waals surface area (Å²) in [6.45, 7) is 2.01. The van der Waals surface area contributed by atoms with Crippen LogP contribution in [-0.4, -0.2) is 15.0 Å². The van der Waals surface area contributed by atoms with Crippen molar-refractivity contribution >= 4 is 45.7 Å². The third kappa shape index (κ3) is 3.19. The van der Waals surface area contributed by atoms with E-state index in [0.29, 0.717) is 0 Å². The molecule has 5 rings (SSSR count). The maximum absolute atomic E-state index is 4.67. The molecule has 0 saturated heterocycles. The average Bonchev–Trinajstić information content (AvgIpc) is 3.18. The van der Waals surface area contributed by atoms with Gasteiger partial charge in [0.1, 0.15) is 0 Å². The molecule has 0 spiro atoms. The van der Waals surface area contributed by atoms with Crippen LogP contribution in [0.2, 0.25) is 0 Å². The average molecular weight is 387 g/mol. The van der Waals surface area contributed by atoms with Crippen molar-refractivity contribution in [3.63, 3.8) is 0 Å². The molecule has 0 fully saturated rings. The van der Waals surface area contributed by atoms with Crippen molar-refractivity contribution in [2.24, 2.45) is 0 Å². The van der Waals surface area contributed by atoms with E-state index in [2.05, 4.69) is 74.9 Å². The van der Waals surface area contributed by atoms with Gasteiger partial charge in [0.25, 0.3) is 0 Å². The van der Waals surface area contributed by atoms with Crippen LogP contribution in [0.3, 0.4) is 0 Å². The van der Waals surface area contributed by atoms with Gasteiger partial charge < -0.3 is 10.3 Å². The van der Waals surface area contributed by atoms with Crippen LogP contribution < -0.4 is 5.32 Å². The summed E-state index contributed by atoms with van der Waals surface area (Å²) in [6, 6.07) is 25.0. The molecule has 0 bridgehead atoms. The minimum absolute atomic E-state index is 0. The summed E-state index contributed by atoms with van der Waals surface area (Å²) in [4.78, 5) is 12.3. The lowest BCUT2D eigenvalue weighted by molar-refractivity contribution is 1.26. The van der Waals surface area contributed by atoms with Crippen LogP contribution >= 0.6 is 12.4 Å². The number of nitrogens with zero attached hydrogens (tertiary/aromatic N) is 2. The van der Waals surface area contributed by atoms with E-state index in [9.17, 15) is 0 Å². The van der Waals surface area contributed by atoms with Gasteiger partial charge in [0.15, 0.2) is 0 Å². The van der Waals surface area contributed by atoms with Crippen molar-refractivity contribution in [2.75, 3.05) is 5.32 Å². The van der Waals surface area contributed by atoms with E-state index in [1.54, 1.807) is 6.33 Å². The summed E-state index contributed by atoms with van der Waals surface area (Å²) in [5.41, 5.74) is 8.36. The smallest absolute Gasteiger partial charge is 0.0932 e. The number of benzene rings is 3. The quantitative estimate of drug-likeness (QED) is 0.385. The van der Waals surface area contributed by atoms with Crippen molar-refractivity contribution in [1.82, 2.24) is 15.0 Å². The highest BCUT2D eigenvalue weighted by Crippen LogP contribution is 2.32. The van der Waals surface area contributed by atoms with Gasteiger partial charge in [-0.15, -0.1) is 12.4 Å². The number of imidazole rings is 1. The van der Waals surface area contributed by atoms with Crippen LogP contribution in [0.1, 0.15) is 5.69 Å². The molecule has 0 aliphatic heterocycles. The summed E-state index contributed by atoms with van der Waals surface area (Å²) in [7, 11) is 0. The predicted molar refractivity (Wildman–Crippen MR) is 119 cm³/mol. The Hall–Kier alpha value is -3.37. The molecular weight excluding hydrogens is 368 g/mol. The number of nitrogens with one attached hydrogen (secondary N) is 2. The molecule has 4 nitrogen and oxygen atoms in total. The molecule has 2 N–H and O–H groups in total. The maximum Gasteiger partial charge on any atom is 0.0932 e. The number of aromatic amines is 1. The maximum atomic E-state index is 4.67. The molecule has 0 unspecified atom stereocenters. The molecule has 0 amide bonds. The number of H-pyrrole nitrogens is 1. The second kappa shape index (κ2) is 7.33. The fourth-order valence-electron chi connectivity index (χ4n) is 3.50. The van der Waals surface area contributed by atoms with Gasteiger partial charge in [-0.25, -0.2) is 4.98 Å². The Morgan fingerprint density at radius 3 is 2.32 bits per heavy atom. The fraction of sp³-hybridized carbons (Fsp3) is 0.0435. The van der Waals surface area contributed by atoms with Gasteiger partial charge in [0.05, 0.1) is 28.6 Å². The van der Waals surface area contributed by atoms with Gasteiger partial charge in [-0.1, -0.05) is 42.5 Å². The number of aromatic nitrogens is 3. The van der Waals surface area contributed by atoms with Crippen molar-refractivity contribution in [3.8, 4) is 11.1 Å². The van der Waals surface area contributed by atoms with Crippen molar-refractivity contribution in [3.05, 3.63) is 84.8 Å². The second-order valence-electron chi connectivity index (χ2n) is 6.64. The van der Waals surface area contributed by atoms with Gasteiger partial charge in [0, 0.05) is 16.8 Å². The van der Waals surface area contributed by atoms with Gasteiger partial charge in [-0.2, -0.15) is 0 Å². The fourth-order valence-corrected chi connectivity index (χ4v) is 3.50. The molecule has 28 heavy (non-hydrogen) atoms. The normalized spacial score (nSPS) is 10.8. The van der Waals surface area contributed by atoms with E-state index in [1.165, 1.54) is 11.1 Å². The summed E-state index contributed by atoms with van der Waals surface area (Å²) in [5.74, 6) is 0. The molecule has 138 valence electrons. The van der Waals surface area contributed by atoms with Crippen molar-refractivity contribution < 1.29 is 0 Å². The number of hydrogen-bond acceptors (Lipinski definition) is 3. The van der Waals surface area contributed by atoms with Crippen LogP contribution in [0, 0.1) is 6.92 Å². The van der Waals surface area contributed by atoms with Gasteiger partial charge in [-0.05, 0) is 48.4 Å². The third-order valence-electron chi connectivity index (χ3n) is 4.76. The topological polar surface area (TPSA) is 53.6 Å². The molecule has 0 radical (unpaired) electrons. The van der Waals surface area contributed by atoms with Crippen molar-refractivity contribution in [2.45, 2.75) is 6.92 Å². The summed E-state index contributed by atoms with van der Waals surface area (Å²) in [5, 5.41) is 4.62. The van der Waals surface area contributed by atoms with Gasteiger partial charge in [-0.3, -0.25) is 4.98 Å². The number of hydrogen-bond donors (Lipinski definition) is 2. The monoisotopic (exact) mass is 386 g/mol. The molecule has 0 aliphatic rings. The van der Waals surface area contributed by atoms with E-state index in [1.807, 2.05) is 25.1 Å². The molecular formula is C23H19ClN4. The van der Waals surface area contributed by atoms with Gasteiger partial charge >= 0.3 is 0 Å². The molecule has 5 heteroatoms. The van der Waals surface area contributed by atoms with Gasteiger partial charge in [0.2, 0.25) is 0 Å². The van der Waals surface area contributed by atoms with Crippen LogP contribution in [-0.2, 0) is 0 Å². The number of rotatable bonds is 3. The summed E-state index contributed by atoms with van der Waals surface area (Å²) >= 11 is 0. The Morgan fingerprint density at radius 1 is 0.821 bits per heavy atom. The molecule has 0 atom stereocenters. The Morgan fingerprint density at radius 2 is 1.54 bits per heavy atom. The van der Waals surface area contributed by atoms with E-state index >= 15 is 0 Å². The number of anilines is 2. The lowest BCUT2D eigenvalue weighted by Crippen LogP contribution is -1.95. The third-order valence-corrected chi connectivity index (χ3v) is 4.76. The van der Waals surface area contributed by atoms with Crippen LogP contribution in [0.4, 0.5) is 11.4 Å². The van der Waals surface area contributed by atoms with E-state index in [-0.39, 0.29) is 12.4 Å². The number of pyridine rings is 1. The first kappa shape index (κ1) is 18.0. The Balaban J connectivity index is 0.00000192. The van der Waals surface area contributed by atoms with E-state index < -0.39 is 0 Å². The lowest BCUT2D eigenvalue weighted by atomic mass is 10.1. The van der Waals surface area contributed by atoms with Crippen molar-refractivity contribution in [1.29, 1.82) is 0 Å². The Bertz CT molecular complexity index is 1240. The SMILES string of the molecule is Cc1cc(Nc2ccc(-c3ccccc3)cc2)c2c(ccc3nc[nH]c32)n1.Cl. The minimum atomic E-state index is 0. The minimum Gasteiger partial charge on any atom is -0.355 e. The Labute approximate surface area is 169 Å². The zero-order valence-electron chi connectivity index (χ0n) is 15.3. The zero-order chi connectivity index (χ0) is 18.2. The standard InChI is InChI=1S/C23H18N4.ClH/c1-15-13-21(22-19(26-15)11-12-20-23(22)25-14-24-20)27-18-9-7-17(8-10-18)16-5-3-2-4-6-16;/h2-14H,1H3,(H,24,25)(H,26,27);1H. The molecule has 0 saturated carbocycles. The summed E-state index contributed by atoms with van der Waals surface area (Å²) in [6.07, 6.45) is 1.72. The highest BCUT2D eigenvalue weighted by Gasteiger charge is 2.10. The lowest BCUT2D eigenvalue weighted by Gasteiger charge is -2.12. The van der Waals surface area contributed by atoms with Crippen LogP contribution in [0.5, 0.6) is 0 Å². The number of halogens is 1. The molecule has 3 aromatic carbocycles. The number of fused-ring (bicyclic) bond motifs is 3. The predicted octanol–water partition coefficient (Wildman–Crippen LogP) is 6.25. The number of aryl methyl sites for hydroxylation is 1. The zero-order valence-corrected chi connectivity index (χ0v) is 16.1. The van der Waals surface area contributed by atoms with E-state index in [4.69, 9.17) is 0 Å². The van der Waals surface area contributed by atoms with E-state index in [0.717, 1.165) is 39.0 Å². The highest BCUT2D eigenvalue weighted by molar-refractivity contribution is 6.10. The first-order valence-electron chi connectivity index (χ1n) is 8.94. The Kier molecular flexibility index (Phi) is 4.72. The van der Waals surface area contributed by atoms with Crippen LogP contribution in [0.25, 0.3) is 33.1 Å². The molecule has 0 aliphatic carbocycles. The summed E-state index contributed by atoms with van der Waals surface area (Å²) < 4.78 is 0.